The molecule has 2 saturated heterocycles. The van der Waals surface area contributed by atoms with Gasteiger partial charge >= 0.3 is 0 Å². The van der Waals surface area contributed by atoms with Gasteiger partial charge in [-0.3, -0.25) is 4.98 Å². The summed E-state index contributed by atoms with van der Waals surface area (Å²) in [6, 6.07) is 14.5. The first-order chi connectivity index (χ1) is 13.8. The molecule has 0 N–H and O–H groups in total. The molecule has 0 spiro atoms. The van der Waals surface area contributed by atoms with E-state index >= 15 is 0 Å². The van der Waals surface area contributed by atoms with Crippen LogP contribution in [-0.4, -0.2) is 40.7 Å². The predicted molar refractivity (Wildman–Crippen MR) is 111 cm³/mol. The van der Waals surface area contributed by atoms with Gasteiger partial charge < -0.3 is 9.64 Å². The van der Waals surface area contributed by atoms with E-state index in [4.69, 9.17) is 14.4 Å². The topological polar surface area (TPSA) is 61.5 Å². The molecule has 6 heteroatoms. The largest absolute Gasteiger partial charge is 0.493 e. The maximum Gasteiger partial charge on any atom is 0.122 e. The number of hydrogen-bond donors (Lipinski definition) is 0. The fraction of sp³-hybridized carbons (Fsp3) is 0.409. The van der Waals surface area contributed by atoms with E-state index in [1.165, 1.54) is 31.5 Å². The summed E-state index contributed by atoms with van der Waals surface area (Å²) in [5.74, 6) is 3.27. The monoisotopic (exact) mass is 390 g/mol. The van der Waals surface area contributed by atoms with E-state index in [1.54, 1.807) is 24.2 Å². The Morgan fingerprint density at radius 1 is 1.18 bits per heavy atom. The van der Waals surface area contributed by atoms with Crippen LogP contribution in [0.3, 0.4) is 0 Å². The van der Waals surface area contributed by atoms with Gasteiger partial charge in [0.15, 0.2) is 0 Å². The van der Waals surface area contributed by atoms with Gasteiger partial charge in [0.1, 0.15) is 24.3 Å². The van der Waals surface area contributed by atoms with Crippen molar-refractivity contribution in [2.45, 2.75) is 31.7 Å². The van der Waals surface area contributed by atoms with Gasteiger partial charge in [-0.15, -0.1) is 0 Å². The highest BCUT2D eigenvalue weighted by Gasteiger charge is 2.51. The van der Waals surface area contributed by atoms with Crippen LogP contribution in [-0.2, 0) is 0 Å². The van der Waals surface area contributed by atoms with Crippen molar-refractivity contribution in [2.75, 3.05) is 18.9 Å². The van der Waals surface area contributed by atoms with Crippen molar-refractivity contribution in [3.05, 3.63) is 48.2 Å². The summed E-state index contributed by atoms with van der Waals surface area (Å²) in [5, 5.41) is 8.90. The molecule has 3 aliphatic heterocycles. The molecule has 2 bridgehead atoms. The molecule has 0 atom stereocenters. The molecule has 1 saturated carbocycles. The SMILES string of the molecule is N#Cc1ccc(-c2ccc(OCC34CCC(CC3)N3CCSN=C34)cc2)nc1. The standard InChI is InChI=1S/C22H22N4OS/c23-13-16-1-6-20(24-14-16)17-2-4-19(5-3-17)27-15-22-9-7-18(8-10-22)26-11-12-28-25-21(22)26/h1-6,14,18H,7-12,15H2. The third-order valence-electron chi connectivity index (χ3n) is 6.23. The number of nitriles is 1. The minimum atomic E-state index is 0.0789. The lowest BCUT2D eigenvalue weighted by molar-refractivity contribution is 0.0662. The predicted octanol–water partition coefficient (Wildman–Crippen LogP) is 4.30. The van der Waals surface area contributed by atoms with Crippen molar-refractivity contribution in [2.24, 2.45) is 9.81 Å². The van der Waals surface area contributed by atoms with E-state index in [0.29, 0.717) is 18.2 Å². The number of pyridine rings is 1. The lowest BCUT2D eigenvalue weighted by Crippen LogP contribution is -2.61. The van der Waals surface area contributed by atoms with Crippen molar-refractivity contribution in [3.8, 4) is 23.1 Å². The van der Waals surface area contributed by atoms with Crippen LogP contribution in [0.25, 0.3) is 11.3 Å². The number of nitrogens with zero attached hydrogens (tertiary/aromatic N) is 4. The van der Waals surface area contributed by atoms with Gasteiger partial charge in [-0.05, 0) is 74.0 Å². The van der Waals surface area contributed by atoms with E-state index in [-0.39, 0.29) is 5.41 Å². The Kier molecular flexibility index (Phi) is 4.48. The summed E-state index contributed by atoms with van der Waals surface area (Å²) in [5.41, 5.74) is 2.53. The van der Waals surface area contributed by atoms with Crippen molar-refractivity contribution < 1.29 is 4.74 Å². The zero-order valence-corrected chi connectivity index (χ0v) is 16.5. The van der Waals surface area contributed by atoms with Gasteiger partial charge in [0.25, 0.3) is 0 Å². The van der Waals surface area contributed by atoms with Gasteiger partial charge in [-0.25, -0.2) is 4.40 Å². The Bertz CT molecular complexity index is 925. The fourth-order valence-corrected chi connectivity index (χ4v) is 5.43. The first-order valence-corrected chi connectivity index (χ1v) is 10.8. The molecule has 4 aliphatic rings. The third-order valence-corrected chi connectivity index (χ3v) is 6.90. The van der Waals surface area contributed by atoms with Gasteiger partial charge in [-0.1, -0.05) is 0 Å². The van der Waals surface area contributed by atoms with Crippen LogP contribution in [0, 0.1) is 16.7 Å². The molecule has 1 aliphatic carbocycles. The second kappa shape index (κ2) is 7.14. The van der Waals surface area contributed by atoms with Crippen LogP contribution < -0.4 is 4.74 Å². The van der Waals surface area contributed by atoms with Crippen molar-refractivity contribution in [3.63, 3.8) is 0 Å². The number of hydrogen-bond acceptors (Lipinski definition) is 6. The van der Waals surface area contributed by atoms with E-state index in [9.17, 15) is 0 Å². The smallest absolute Gasteiger partial charge is 0.122 e. The van der Waals surface area contributed by atoms with Crippen LogP contribution >= 0.6 is 11.9 Å². The molecule has 0 amide bonds. The highest BCUT2D eigenvalue weighted by Crippen LogP contribution is 2.48. The third kappa shape index (κ3) is 3.04. The molecule has 2 aromatic rings. The zero-order valence-electron chi connectivity index (χ0n) is 15.7. The maximum absolute atomic E-state index is 8.90. The van der Waals surface area contributed by atoms with E-state index in [1.807, 2.05) is 30.3 Å². The Labute approximate surface area is 169 Å². The zero-order chi connectivity index (χ0) is 19.0. The molecule has 0 radical (unpaired) electrons. The molecule has 4 heterocycles. The van der Waals surface area contributed by atoms with Gasteiger partial charge in [0.2, 0.25) is 0 Å². The minimum Gasteiger partial charge on any atom is -0.493 e. The number of fused-ring (bicyclic) bond motifs is 2. The second-order valence-corrected chi connectivity index (χ2v) is 8.66. The highest BCUT2D eigenvalue weighted by atomic mass is 32.2. The molecule has 6 rings (SSSR count). The Morgan fingerprint density at radius 2 is 2.00 bits per heavy atom. The van der Waals surface area contributed by atoms with Gasteiger partial charge in [-0.2, -0.15) is 5.26 Å². The van der Waals surface area contributed by atoms with E-state index < -0.39 is 0 Å². The molecule has 142 valence electrons. The Morgan fingerprint density at radius 3 is 2.71 bits per heavy atom. The summed E-state index contributed by atoms with van der Waals surface area (Å²) in [4.78, 5) is 6.90. The Hall–Kier alpha value is -2.52. The van der Waals surface area contributed by atoms with E-state index in [2.05, 4.69) is 16.0 Å². The normalized spacial score (nSPS) is 25.6. The van der Waals surface area contributed by atoms with Crippen molar-refractivity contribution >= 4 is 17.8 Å². The van der Waals surface area contributed by atoms with Crippen LogP contribution in [0.4, 0.5) is 0 Å². The van der Waals surface area contributed by atoms with Crippen molar-refractivity contribution in [1.82, 2.24) is 9.88 Å². The molecule has 28 heavy (non-hydrogen) atoms. The molecule has 5 nitrogen and oxygen atoms in total. The van der Waals surface area contributed by atoms with Crippen molar-refractivity contribution in [1.29, 1.82) is 5.26 Å². The van der Waals surface area contributed by atoms with Crippen LogP contribution in [0.1, 0.15) is 31.2 Å². The summed E-state index contributed by atoms with van der Waals surface area (Å²) in [6.45, 7) is 1.83. The summed E-state index contributed by atoms with van der Waals surface area (Å²) in [7, 11) is 0. The number of benzene rings is 1. The Balaban J connectivity index is 1.30. The highest BCUT2D eigenvalue weighted by molar-refractivity contribution is 7.98. The molecule has 1 aromatic heterocycles. The number of ether oxygens (including phenoxy) is 1. The van der Waals surface area contributed by atoms with Crippen LogP contribution in [0.15, 0.2) is 47.0 Å². The lowest BCUT2D eigenvalue weighted by atomic mass is 9.67. The second-order valence-electron chi connectivity index (χ2n) is 7.81. The van der Waals surface area contributed by atoms with Gasteiger partial charge in [0, 0.05) is 30.1 Å². The van der Waals surface area contributed by atoms with Crippen LogP contribution in [0.5, 0.6) is 5.75 Å². The molecule has 1 aromatic carbocycles. The average molecular weight is 391 g/mol. The summed E-state index contributed by atoms with van der Waals surface area (Å²) >= 11 is 1.71. The fourth-order valence-electron chi connectivity index (χ4n) is 4.63. The summed E-state index contributed by atoms with van der Waals surface area (Å²) in [6.07, 6.45) is 6.49. The quantitative estimate of drug-likeness (QED) is 0.728. The molecular formula is C22H22N4OS. The minimum absolute atomic E-state index is 0.0789. The van der Waals surface area contributed by atoms with Crippen LogP contribution in [0.2, 0.25) is 0 Å². The first-order valence-electron chi connectivity index (χ1n) is 9.84. The number of rotatable bonds is 4. The summed E-state index contributed by atoms with van der Waals surface area (Å²) < 4.78 is 11.1. The molecule has 0 unspecified atom stereocenters. The number of piperidine rings is 2. The molecule has 3 fully saturated rings. The first kappa shape index (κ1) is 17.6. The van der Waals surface area contributed by atoms with E-state index in [0.717, 1.165) is 29.3 Å². The lowest BCUT2D eigenvalue weighted by Gasteiger charge is -2.55. The van der Waals surface area contributed by atoms with Gasteiger partial charge in [0.05, 0.1) is 16.7 Å². The number of aromatic nitrogens is 1. The number of amidine groups is 1. The maximum atomic E-state index is 8.90. The molecular weight excluding hydrogens is 368 g/mol. The average Bonchev–Trinajstić information content (AvgIpc) is 2.79.